The number of amides is 1. The molecule has 1 amide bonds. The Morgan fingerprint density at radius 1 is 1.24 bits per heavy atom. The summed E-state index contributed by atoms with van der Waals surface area (Å²) >= 11 is 5.98. The smallest absolute Gasteiger partial charge is 0.475 e. The molecule has 4 N–H and O–H groups in total. The average molecular weight is 623 g/mol. The second-order valence-electron chi connectivity index (χ2n) is 8.42. The molecule has 1 atom stereocenters. The van der Waals surface area contributed by atoms with Crippen molar-refractivity contribution in [1.82, 2.24) is 19.9 Å². The minimum Gasteiger partial charge on any atom is -0.475 e. The molecule has 1 fully saturated rings. The second-order valence-corrected chi connectivity index (χ2v) is 10.8. The van der Waals surface area contributed by atoms with Crippen LogP contribution in [-0.4, -0.2) is 72.5 Å². The molecule has 1 saturated heterocycles. The van der Waals surface area contributed by atoms with Crippen LogP contribution in [0.15, 0.2) is 50.8 Å². The Morgan fingerprint density at radius 3 is 2.54 bits per heavy atom. The van der Waals surface area contributed by atoms with Gasteiger partial charge in [-0.2, -0.15) is 17.5 Å². The number of H-pyrrole nitrogens is 1. The number of hydrogen-bond acceptors (Lipinski definition) is 9. The molecule has 0 radical (unpaired) electrons. The molecule has 1 aliphatic rings. The number of fused-ring (bicyclic) bond motifs is 1. The fraction of sp³-hybridized carbons (Fsp3) is 0.304. The van der Waals surface area contributed by atoms with Crippen molar-refractivity contribution in [3.8, 4) is 5.75 Å². The van der Waals surface area contributed by atoms with Crippen molar-refractivity contribution in [3.63, 3.8) is 0 Å². The van der Waals surface area contributed by atoms with E-state index in [4.69, 9.17) is 30.7 Å². The van der Waals surface area contributed by atoms with Gasteiger partial charge in [0, 0.05) is 48.5 Å². The first-order valence-electron chi connectivity index (χ1n) is 11.5. The lowest BCUT2D eigenvalue weighted by molar-refractivity contribution is -0.192. The number of nitrogens with one attached hydrogen (secondary N) is 3. The number of piperazine rings is 1. The first-order chi connectivity index (χ1) is 19.1. The Bertz CT molecular complexity index is 1620. The van der Waals surface area contributed by atoms with E-state index >= 15 is 0 Å². The Balaban J connectivity index is 0.000000587. The number of carbonyl (C=O) groups excluding carboxylic acids is 2. The Labute approximate surface area is 234 Å². The number of halogens is 4. The van der Waals surface area contributed by atoms with E-state index in [0.29, 0.717) is 15.9 Å². The van der Waals surface area contributed by atoms with Crippen molar-refractivity contribution in [2.45, 2.75) is 30.7 Å². The lowest BCUT2D eigenvalue weighted by atomic mass is 10.2. The van der Waals surface area contributed by atoms with E-state index in [9.17, 15) is 36.0 Å². The van der Waals surface area contributed by atoms with Crippen molar-refractivity contribution in [2.24, 2.45) is 0 Å². The van der Waals surface area contributed by atoms with Crippen molar-refractivity contribution >= 4 is 50.4 Å². The summed E-state index contributed by atoms with van der Waals surface area (Å²) in [4.78, 5) is 47.3. The minimum atomic E-state index is -5.08. The second kappa shape index (κ2) is 12.7. The summed E-state index contributed by atoms with van der Waals surface area (Å²) in [6, 6.07) is 6.82. The van der Waals surface area contributed by atoms with Gasteiger partial charge in [-0.3, -0.25) is 14.4 Å². The van der Waals surface area contributed by atoms with Crippen LogP contribution >= 0.6 is 11.6 Å². The highest BCUT2D eigenvalue weighted by Crippen LogP contribution is 2.25. The fourth-order valence-electron chi connectivity index (χ4n) is 3.53. The lowest BCUT2D eigenvalue weighted by Crippen LogP contribution is -2.58. The van der Waals surface area contributed by atoms with Crippen LogP contribution in [0.5, 0.6) is 5.75 Å². The van der Waals surface area contributed by atoms with Crippen molar-refractivity contribution < 1.29 is 50.2 Å². The molecule has 0 bridgehead atoms. The number of aromatic nitrogens is 1. The molecule has 3 heterocycles. The van der Waals surface area contributed by atoms with Crippen LogP contribution < -0.4 is 20.8 Å². The first-order valence-corrected chi connectivity index (χ1v) is 13.3. The summed E-state index contributed by atoms with van der Waals surface area (Å²) < 4.78 is 69.2. The molecule has 3 aromatic rings. The summed E-state index contributed by atoms with van der Waals surface area (Å²) in [7, 11) is -3.88. The van der Waals surface area contributed by atoms with Gasteiger partial charge in [0.15, 0.2) is 0 Å². The third-order valence-electron chi connectivity index (χ3n) is 5.42. The van der Waals surface area contributed by atoms with Crippen LogP contribution in [0.2, 0.25) is 5.02 Å². The van der Waals surface area contributed by atoms with Crippen molar-refractivity contribution in [3.05, 3.63) is 57.6 Å². The predicted octanol–water partition coefficient (Wildman–Crippen LogP) is 1.61. The minimum absolute atomic E-state index is 0.0143. The summed E-state index contributed by atoms with van der Waals surface area (Å²) in [6.45, 7) is 1.42. The summed E-state index contributed by atoms with van der Waals surface area (Å²) in [5, 5.41) is 13.9. The molecule has 0 spiro atoms. The monoisotopic (exact) mass is 622 g/mol. The first kappa shape index (κ1) is 31.6. The molecule has 18 heteroatoms. The Morgan fingerprint density at radius 2 is 1.93 bits per heavy atom. The van der Waals surface area contributed by atoms with Gasteiger partial charge in [-0.1, -0.05) is 11.6 Å². The Kier molecular flexibility index (Phi) is 9.80. The third-order valence-corrected chi connectivity index (χ3v) is 7.44. The highest BCUT2D eigenvalue weighted by Gasteiger charge is 2.38. The van der Waals surface area contributed by atoms with Gasteiger partial charge in [0.2, 0.25) is 17.1 Å². The lowest BCUT2D eigenvalue weighted by Gasteiger charge is -2.31. The molecule has 13 nitrogen and oxygen atoms in total. The van der Waals surface area contributed by atoms with Gasteiger partial charge < -0.3 is 29.9 Å². The van der Waals surface area contributed by atoms with Crippen LogP contribution in [0.4, 0.5) is 13.2 Å². The zero-order chi connectivity index (χ0) is 30.5. The summed E-state index contributed by atoms with van der Waals surface area (Å²) in [6.07, 6.45) is -4.09. The van der Waals surface area contributed by atoms with E-state index in [1.54, 1.807) is 18.2 Å². The van der Waals surface area contributed by atoms with Crippen LogP contribution in [0.1, 0.15) is 12.7 Å². The molecule has 1 unspecified atom stereocenters. The molecule has 41 heavy (non-hydrogen) atoms. The predicted molar refractivity (Wildman–Crippen MR) is 136 cm³/mol. The number of benzene rings is 1. The fourth-order valence-corrected chi connectivity index (χ4v) is 5.18. The topological polar surface area (TPSA) is 188 Å². The van der Waals surface area contributed by atoms with E-state index in [1.165, 1.54) is 10.4 Å². The van der Waals surface area contributed by atoms with Crippen molar-refractivity contribution in [1.29, 1.82) is 0 Å². The maximum Gasteiger partial charge on any atom is 0.490 e. The van der Waals surface area contributed by atoms with E-state index < -0.39 is 45.5 Å². The maximum atomic E-state index is 13.2. The number of carboxylic acid groups (broad SMARTS) is 1. The van der Waals surface area contributed by atoms with E-state index in [2.05, 4.69) is 15.6 Å². The number of carboxylic acids is 1. The number of nitrogens with zero attached hydrogens (tertiary/aromatic N) is 1. The largest absolute Gasteiger partial charge is 0.490 e. The molecule has 222 valence electrons. The highest BCUT2D eigenvalue weighted by molar-refractivity contribution is 7.89. The zero-order valence-corrected chi connectivity index (χ0v) is 22.5. The van der Waals surface area contributed by atoms with Crippen LogP contribution in [0.25, 0.3) is 10.9 Å². The third kappa shape index (κ3) is 8.29. The highest BCUT2D eigenvalue weighted by atomic mass is 35.5. The number of alkyl halides is 3. The van der Waals surface area contributed by atoms with E-state index in [-0.39, 0.29) is 42.7 Å². The maximum absolute atomic E-state index is 13.2. The molecular weight excluding hydrogens is 601 g/mol. The number of sulfonamides is 1. The zero-order valence-electron chi connectivity index (χ0n) is 21.0. The van der Waals surface area contributed by atoms with Gasteiger partial charge in [-0.25, -0.2) is 13.2 Å². The van der Waals surface area contributed by atoms with E-state index in [0.717, 1.165) is 19.3 Å². The number of esters is 1. The van der Waals surface area contributed by atoms with Gasteiger partial charge in [0.1, 0.15) is 23.1 Å². The molecule has 1 aromatic carbocycles. The summed E-state index contributed by atoms with van der Waals surface area (Å²) in [5.41, 5.74) is 0.0620. The van der Waals surface area contributed by atoms with E-state index in [1.807, 2.05) is 0 Å². The molecule has 0 aliphatic carbocycles. The van der Waals surface area contributed by atoms with Gasteiger partial charge in [0.05, 0.1) is 6.54 Å². The number of carbonyl (C=O) groups is 3. The normalized spacial score (nSPS) is 16.0. The molecular formula is C23H22ClF3N4O9S. The Hall–Kier alpha value is -3.93. The quantitative estimate of drug-likeness (QED) is 0.294. The average Bonchev–Trinajstić information content (AvgIpc) is 3.32. The molecule has 4 rings (SSSR count). The number of rotatable bonds is 6. The van der Waals surface area contributed by atoms with Crippen LogP contribution in [0, 0.1) is 0 Å². The van der Waals surface area contributed by atoms with Crippen LogP contribution in [-0.2, 0) is 31.0 Å². The number of ether oxygens (including phenoxy) is 1. The molecule has 0 saturated carbocycles. The van der Waals surface area contributed by atoms with Gasteiger partial charge >= 0.3 is 18.1 Å². The van der Waals surface area contributed by atoms with Gasteiger partial charge in [-0.15, -0.1) is 0 Å². The SMILES string of the molecule is CC(=O)Oc1coc(CNC(=O)C2CN(S(=O)(=O)c3cc4cc(Cl)ccc4[nH]3)CCN2)cc1=O.O=C(O)C(F)(F)F. The standard InChI is InChI=1S/C21H21ClN4O7S.C2HF3O2/c1-12(27)33-19-11-32-15(8-18(19)28)9-24-21(29)17-10-26(5-4-23-17)34(30,31)20-7-13-6-14(22)2-3-16(13)25-20;3-2(4,5)1(6)7/h2-3,6-8,11,17,23,25H,4-5,9-10H2,1H3,(H,24,29);(H,6,7). The number of aliphatic carboxylic acids is 1. The van der Waals surface area contributed by atoms with Crippen molar-refractivity contribution in [2.75, 3.05) is 19.6 Å². The molecule has 2 aromatic heterocycles. The van der Waals surface area contributed by atoms with Gasteiger partial charge in [-0.05, 0) is 24.3 Å². The van der Waals surface area contributed by atoms with Gasteiger partial charge in [0.25, 0.3) is 10.0 Å². The number of hydrogen-bond donors (Lipinski definition) is 4. The van der Waals surface area contributed by atoms with Crippen LogP contribution in [0.3, 0.4) is 0 Å². The summed E-state index contributed by atoms with van der Waals surface area (Å²) in [5.74, 6) is -3.99. The molecule has 1 aliphatic heterocycles. The number of aromatic amines is 1.